The van der Waals surface area contributed by atoms with Crippen molar-refractivity contribution in [1.29, 1.82) is 0 Å². The Hall–Kier alpha value is -3.85. The highest BCUT2D eigenvalue weighted by Crippen LogP contribution is 2.14. The molecule has 2 heterocycles. The molecule has 0 radical (unpaired) electrons. The van der Waals surface area contributed by atoms with Crippen molar-refractivity contribution in [2.24, 2.45) is 0 Å². The minimum atomic E-state index is -3.55. The predicted molar refractivity (Wildman–Crippen MR) is 124 cm³/mol. The minimum absolute atomic E-state index is 0.0627. The number of rotatable bonds is 8. The van der Waals surface area contributed by atoms with Crippen LogP contribution in [0.25, 0.3) is 10.8 Å². The Kier molecular flexibility index (Phi) is 6.60. The molecule has 0 saturated heterocycles. The van der Waals surface area contributed by atoms with Gasteiger partial charge in [-0.15, -0.1) is 0 Å². The molecule has 9 heteroatoms. The zero-order valence-electron chi connectivity index (χ0n) is 17.7. The Balaban J connectivity index is 1.50. The van der Waals surface area contributed by atoms with Crippen LogP contribution in [0.5, 0.6) is 0 Å². The maximum Gasteiger partial charge on any atom is 0.275 e. The summed E-state index contributed by atoms with van der Waals surface area (Å²) in [7, 11) is -3.55. The quantitative estimate of drug-likeness (QED) is 0.430. The summed E-state index contributed by atoms with van der Waals surface area (Å²) in [6.45, 7) is 0.258. The van der Waals surface area contributed by atoms with E-state index in [4.69, 9.17) is 0 Å². The summed E-state index contributed by atoms with van der Waals surface area (Å²) in [6, 6.07) is 20.5. The number of fused-ring (bicyclic) bond motifs is 1. The molecule has 4 aromatic rings. The molecular weight excluding hydrogens is 440 g/mol. The zero-order chi connectivity index (χ0) is 23.3. The molecule has 0 atom stereocenters. The summed E-state index contributed by atoms with van der Waals surface area (Å²) in [5.74, 6) is -0.709. The summed E-state index contributed by atoms with van der Waals surface area (Å²) >= 11 is 0. The van der Waals surface area contributed by atoms with Crippen molar-refractivity contribution in [3.63, 3.8) is 0 Å². The van der Waals surface area contributed by atoms with Gasteiger partial charge in [0.25, 0.3) is 5.56 Å². The highest BCUT2D eigenvalue weighted by molar-refractivity contribution is 7.91. The average Bonchev–Trinajstić information content (AvgIpc) is 2.85. The highest BCUT2D eigenvalue weighted by atomic mass is 32.2. The average molecular weight is 463 g/mol. The molecule has 168 valence electrons. The summed E-state index contributed by atoms with van der Waals surface area (Å²) in [5, 5.41) is 8.31. The second-order valence-corrected chi connectivity index (χ2v) is 9.54. The van der Waals surface area contributed by atoms with Gasteiger partial charge in [0.15, 0.2) is 9.84 Å². The van der Waals surface area contributed by atoms with Crippen LogP contribution in [0, 0.1) is 0 Å². The number of hydrogen-bond acceptors (Lipinski definition) is 6. The molecule has 2 aromatic carbocycles. The standard InChI is InChI=1S/C24H22N4O4S/c29-23(13-15-33(31,32)19-9-2-1-3-10-19)26-16-22-20-11-4-5-12-21(20)24(30)28(27-22)17-18-8-6-7-14-25-18/h1-12,14H,13,15-17H2,(H,26,29). The topological polar surface area (TPSA) is 111 Å². The normalized spacial score (nSPS) is 11.4. The van der Waals surface area contributed by atoms with Gasteiger partial charge in [-0.05, 0) is 30.3 Å². The second-order valence-electron chi connectivity index (χ2n) is 7.43. The van der Waals surface area contributed by atoms with E-state index in [0.29, 0.717) is 22.2 Å². The molecule has 33 heavy (non-hydrogen) atoms. The monoisotopic (exact) mass is 462 g/mol. The van der Waals surface area contributed by atoms with Gasteiger partial charge in [0, 0.05) is 18.0 Å². The van der Waals surface area contributed by atoms with Gasteiger partial charge in [0.2, 0.25) is 5.91 Å². The Labute approximate surface area is 190 Å². The number of carbonyl (C=O) groups is 1. The summed E-state index contributed by atoms with van der Waals surface area (Å²) in [5.41, 5.74) is 0.948. The van der Waals surface area contributed by atoms with Gasteiger partial charge in [-0.3, -0.25) is 14.6 Å². The molecule has 8 nitrogen and oxygen atoms in total. The van der Waals surface area contributed by atoms with Gasteiger partial charge in [-0.1, -0.05) is 42.5 Å². The van der Waals surface area contributed by atoms with Crippen molar-refractivity contribution in [2.45, 2.75) is 24.4 Å². The van der Waals surface area contributed by atoms with Crippen molar-refractivity contribution in [3.8, 4) is 0 Å². The number of benzene rings is 2. The number of nitrogens with zero attached hydrogens (tertiary/aromatic N) is 3. The fraction of sp³-hybridized carbons (Fsp3) is 0.167. The smallest absolute Gasteiger partial charge is 0.275 e. The van der Waals surface area contributed by atoms with Gasteiger partial charge >= 0.3 is 0 Å². The van der Waals surface area contributed by atoms with Crippen LogP contribution in [0.2, 0.25) is 0 Å². The molecule has 0 aliphatic heterocycles. The van der Waals surface area contributed by atoms with E-state index in [2.05, 4.69) is 15.4 Å². The Morgan fingerprint density at radius 3 is 2.33 bits per heavy atom. The van der Waals surface area contributed by atoms with Crippen LogP contribution in [0.15, 0.2) is 88.7 Å². The molecule has 0 bridgehead atoms. The van der Waals surface area contributed by atoms with E-state index in [-0.39, 0.29) is 35.7 Å². The fourth-order valence-electron chi connectivity index (χ4n) is 3.43. The molecule has 0 spiro atoms. The molecule has 0 saturated carbocycles. The molecule has 0 fully saturated rings. The molecule has 2 aromatic heterocycles. The number of amides is 1. The van der Waals surface area contributed by atoms with E-state index in [9.17, 15) is 18.0 Å². The lowest BCUT2D eigenvalue weighted by Crippen LogP contribution is -2.29. The number of carbonyl (C=O) groups excluding carboxylic acids is 1. The Morgan fingerprint density at radius 2 is 1.61 bits per heavy atom. The second kappa shape index (κ2) is 9.74. The summed E-state index contributed by atoms with van der Waals surface area (Å²) in [4.78, 5) is 29.7. The van der Waals surface area contributed by atoms with Gasteiger partial charge in [-0.25, -0.2) is 13.1 Å². The van der Waals surface area contributed by atoms with Gasteiger partial charge in [-0.2, -0.15) is 5.10 Å². The van der Waals surface area contributed by atoms with Crippen LogP contribution in [-0.4, -0.2) is 34.8 Å². The number of sulfone groups is 1. The maximum absolute atomic E-state index is 12.9. The van der Waals surface area contributed by atoms with E-state index in [1.54, 1.807) is 60.8 Å². The third-order valence-electron chi connectivity index (χ3n) is 5.14. The first-order valence-corrected chi connectivity index (χ1v) is 12.0. The largest absolute Gasteiger partial charge is 0.350 e. The van der Waals surface area contributed by atoms with Crippen LogP contribution < -0.4 is 10.9 Å². The van der Waals surface area contributed by atoms with Crippen molar-refractivity contribution in [2.75, 3.05) is 5.75 Å². The van der Waals surface area contributed by atoms with E-state index in [1.807, 2.05) is 6.07 Å². The maximum atomic E-state index is 12.9. The van der Waals surface area contributed by atoms with Crippen LogP contribution in [0.1, 0.15) is 17.8 Å². The Bertz CT molecular complexity index is 1440. The lowest BCUT2D eigenvalue weighted by Gasteiger charge is -2.12. The minimum Gasteiger partial charge on any atom is -0.350 e. The number of nitrogens with one attached hydrogen (secondary N) is 1. The summed E-state index contributed by atoms with van der Waals surface area (Å²) < 4.78 is 26.1. The molecule has 0 aliphatic carbocycles. The fourth-order valence-corrected chi connectivity index (χ4v) is 4.69. The highest BCUT2D eigenvalue weighted by Gasteiger charge is 2.17. The molecule has 0 aliphatic rings. The van der Waals surface area contributed by atoms with Crippen molar-refractivity contribution >= 4 is 26.5 Å². The molecule has 1 N–H and O–H groups in total. The van der Waals surface area contributed by atoms with E-state index in [0.717, 1.165) is 0 Å². The third-order valence-corrected chi connectivity index (χ3v) is 6.87. The van der Waals surface area contributed by atoms with Gasteiger partial charge < -0.3 is 5.32 Å². The Morgan fingerprint density at radius 1 is 0.909 bits per heavy atom. The first-order valence-electron chi connectivity index (χ1n) is 10.4. The third kappa shape index (κ3) is 5.32. The number of pyridine rings is 1. The van der Waals surface area contributed by atoms with E-state index < -0.39 is 15.7 Å². The first kappa shape index (κ1) is 22.3. The van der Waals surface area contributed by atoms with Gasteiger partial charge in [0.05, 0.1) is 40.5 Å². The molecule has 4 rings (SSSR count). The van der Waals surface area contributed by atoms with Crippen LogP contribution in [0.4, 0.5) is 0 Å². The molecule has 1 amide bonds. The number of hydrogen-bond donors (Lipinski definition) is 1. The van der Waals surface area contributed by atoms with Crippen molar-refractivity contribution in [1.82, 2.24) is 20.1 Å². The van der Waals surface area contributed by atoms with Crippen LogP contribution >= 0.6 is 0 Å². The predicted octanol–water partition coefficient (Wildman–Crippen LogP) is 2.32. The van der Waals surface area contributed by atoms with E-state index in [1.165, 1.54) is 16.8 Å². The van der Waals surface area contributed by atoms with Crippen LogP contribution in [0.3, 0.4) is 0 Å². The lowest BCUT2D eigenvalue weighted by molar-refractivity contribution is -0.120. The van der Waals surface area contributed by atoms with Crippen LogP contribution in [-0.2, 0) is 27.7 Å². The SMILES string of the molecule is O=C(CCS(=O)(=O)c1ccccc1)NCc1nn(Cc2ccccn2)c(=O)c2ccccc12. The zero-order valence-corrected chi connectivity index (χ0v) is 18.5. The van der Waals surface area contributed by atoms with Crippen molar-refractivity contribution in [3.05, 3.63) is 101 Å². The van der Waals surface area contributed by atoms with E-state index >= 15 is 0 Å². The first-order chi connectivity index (χ1) is 15.9. The molecule has 0 unspecified atom stereocenters. The van der Waals surface area contributed by atoms with Crippen molar-refractivity contribution < 1.29 is 13.2 Å². The molecular formula is C24H22N4O4S. The summed E-state index contributed by atoms with van der Waals surface area (Å²) in [6.07, 6.45) is 1.47. The number of aromatic nitrogens is 3. The lowest BCUT2D eigenvalue weighted by atomic mass is 10.1. The van der Waals surface area contributed by atoms with Gasteiger partial charge in [0.1, 0.15) is 0 Å².